The zero-order chi connectivity index (χ0) is 20.2. The van der Waals surface area contributed by atoms with Crippen molar-refractivity contribution in [3.8, 4) is 0 Å². The van der Waals surface area contributed by atoms with E-state index in [2.05, 4.69) is 20.0 Å². The van der Waals surface area contributed by atoms with E-state index >= 15 is 0 Å². The van der Waals surface area contributed by atoms with Gasteiger partial charge in [-0.1, -0.05) is 5.16 Å². The van der Waals surface area contributed by atoms with Crippen LogP contribution in [0.1, 0.15) is 26.2 Å². The summed E-state index contributed by atoms with van der Waals surface area (Å²) in [6.45, 7) is 1.67. The number of nitrogens with zero attached hydrogens (tertiary/aromatic N) is 1. The summed E-state index contributed by atoms with van der Waals surface area (Å²) in [4.78, 5) is 26.8. The van der Waals surface area contributed by atoms with Crippen molar-refractivity contribution in [3.63, 3.8) is 0 Å². The van der Waals surface area contributed by atoms with Gasteiger partial charge in [-0.15, -0.1) is 0 Å². The summed E-state index contributed by atoms with van der Waals surface area (Å²) in [7, 11) is 0. The average Bonchev–Trinajstić information content (AvgIpc) is 2.98. The van der Waals surface area contributed by atoms with Gasteiger partial charge in [0.2, 0.25) is 0 Å². The molecule has 0 radical (unpaired) electrons. The number of aliphatic hydroxyl groups is 1. The lowest BCUT2D eigenvalue weighted by molar-refractivity contribution is -0.392. The molecule has 1 atom stereocenters. The summed E-state index contributed by atoms with van der Waals surface area (Å²) >= 11 is 0. The molecule has 0 spiro atoms. The normalized spacial score (nSPS) is 18.2. The number of hydrogen-bond donors (Lipinski definition) is 2. The first-order chi connectivity index (χ1) is 11.8. The second-order valence-corrected chi connectivity index (χ2v) is 5.26. The highest BCUT2D eigenvalue weighted by atomic mass is 19.4. The van der Waals surface area contributed by atoms with Crippen LogP contribution in [-0.2, 0) is 19.2 Å². The number of carbonyl (C=O) groups is 2. The Bertz CT molecular complexity index is 546. The van der Waals surface area contributed by atoms with Gasteiger partial charge in [0, 0.05) is 19.4 Å². The molecule has 0 aliphatic carbocycles. The van der Waals surface area contributed by atoms with E-state index in [1.807, 2.05) is 0 Å². The molecule has 2 N–H and O–H groups in total. The van der Waals surface area contributed by atoms with Crippen molar-refractivity contribution in [1.29, 1.82) is 0 Å². The van der Waals surface area contributed by atoms with Crippen molar-refractivity contribution in [3.05, 3.63) is 0 Å². The first-order valence-electron chi connectivity index (χ1n) is 7.37. The molecule has 1 aliphatic rings. The van der Waals surface area contributed by atoms with Crippen LogP contribution in [0.4, 0.5) is 26.3 Å². The molecule has 1 aliphatic heterocycles. The van der Waals surface area contributed by atoms with Crippen LogP contribution in [0.25, 0.3) is 0 Å². The zero-order valence-electron chi connectivity index (χ0n) is 13.4. The minimum Gasteiger partial charge on any atom is -0.466 e. The first kappa shape index (κ1) is 22.0. The maximum Gasteiger partial charge on any atom is 0.430 e. The maximum atomic E-state index is 12.7. The molecule has 0 aromatic heterocycles. The standard InChI is InChI=1S/C13H16F6N2O5/c1-2-25-9(22)4-3-5-20-10(23)7-6-8(26-21-7)11(24,12(14,15)16)13(17,18)19/h8,24H,2-6H2,1H3,(H,20,23). The molecule has 0 aromatic rings. The molecule has 1 unspecified atom stereocenters. The topological polar surface area (TPSA) is 97.2 Å². The fourth-order valence-corrected chi connectivity index (χ4v) is 2.03. The Balaban J connectivity index is 2.61. The van der Waals surface area contributed by atoms with Crippen LogP contribution in [0, 0.1) is 0 Å². The average molecular weight is 394 g/mol. The van der Waals surface area contributed by atoms with E-state index in [0.29, 0.717) is 0 Å². The van der Waals surface area contributed by atoms with Crippen LogP contribution < -0.4 is 5.32 Å². The molecule has 0 bridgehead atoms. The number of amides is 1. The molecular formula is C13H16F6N2O5. The van der Waals surface area contributed by atoms with Gasteiger partial charge in [-0.05, 0) is 13.3 Å². The van der Waals surface area contributed by atoms with Gasteiger partial charge in [0.15, 0.2) is 6.10 Å². The number of rotatable bonds is 7. The molecule has 0 fully saturated rings. The summed E-state index contributed by atoms with van der Waals surface area (Å²) < 4.78 is 81.0. The summed E-state index contributed by atoms with van der Waals surface area (Å²) in [6, 6.07) is 0. The predicted octanol–water partition coefficient (Wildman–Crippen LogP) is 1.45. The van der Waals surface area contributed by atoms with Gasteiger partial charge in [0.05, 0.1) is 6.61 Å². The third-order valence-electron chi connectivity index (χ3n) is 3.41. The smallest absolute Gasteiger partial charge is 0.430 e. The molecule has 26 heavy (non-hydrogen) atoms. The van der Waals surface area contributed by atoms with Crippen LogP contribution in [0.15, 0.2) is 5.16 Å². The Kier molecular flexibility index (Phi) is 6.85. The maximum absolute atomic E-state index is 12.7. The van der Waals surface area contributed by atoms with Gasteiger partial charge >= 0.3 is 18.3 Å². The SMILES string of the molecule is CCOC(=O)CCCNC(=O)C1=NOC(C(O)(C(F)(F)F)C(F)(F)F)C1. The highest BCUT2D eigenvalue weighted by Crippen LogP contribution is 2.47. The van der Waals surface area contributed by atoms with Crippen molar-refractivity contribution in [2.24, 2.45) is 5.16 Å². The minimum atomic E-state index is -6.09. The lowest BCUT2D eigenvalue weighted by Gasteiger charge is -2.35. The number of oxime groups is 1. The van der Waals surface area contributed by atoms with E-state index < -0.39 is 48.1 Å². The van der Waals surface area contributed by atoms with Gasteiger partial charge in [0.1, 0.15) is 5.71 Å². The molecule has 1 amide bonds. The van der Waals surface area contributed by atoms with Crippen molar-refractivity contribution >= 4 is 17.6 Å². The molecule has 1 heterocycles. The van der Waals surface area contributed by atoms with E-state index in [0.717, 1.165) is 0 Å². The van der Waals surface area contributed by atoms with E-state index in [1.165, 1.54) is 0 Å². The van der Waals surface area contributed by atoms with Gasteiger partial charge in [-0.25, -0.2) is 0 Å². The van der Waals surface area contributed by atoms with Gasteiger partial charge in [-0.2, -0.15) is 26.3 Å². The highest BCUT2D eigenvalue weighted by molar-refractivity contribution is 6.39. The summed E-state index contributed by atoms with van der Waals surface area (Å²) in [6.07, 6.45) is -16.1. The lowest BCUT2D eigenvalue weighted by Crippen LogP contribution is -2.64. The van der Waals surface area contributed by atoms with Crippen molar-refractivity contribution in [2.45, 2.75) is 50.2 Å². The van der Waals surface area contributed by atoms with E-state index in [-0.39, 0.29) is 26.0 Å². The van der Waals surface area contributed by atoms with Crippen molar-refractivity contribution < 1.29 is 50.6 Å². The first-order valence-corrected chi connectivity index (χ1v) is 7.37. The minimum absolute atomic E-state index is 0.0401. The molecule has 0 saturated carbocycles. The monoisotopic (exact) mass is 394 g/mol. The predicted molar refractivity (Wildman–Crippen MR) is 72.9 cm³/mol. The number of esters is 1. The van der Waals surface area contributed by atoms with E-state index in [1.54, 1.807) is 6.92 Å². The third-order valence-corrected chi connectivity index (χ3v) is 3.41. The number of carbonyl (C=O) groups excluding carboxylic acids is 2. The van der Waals surface area contributed by atoms with Crippen LogP contribution in [0.5, 0.6) is 0 Å². The molecule has 150 valence electrons. The largest absolute Gasteiger partial charge is 0.466 e. The van der Waals surface area contributed by atoms with Crippen molar-refractivity contribution in [1.82, 2.24) is 5.32 Å². The number of halogens is 6. The van der Waals surface area contributed by atoms with Crippen molar-refractivity contribution in [2.75, 3.05) is 13.2 Å². The highest BCUT2D eigenvalue weighted by Gasteiger charge is 2.76. The fourth-order valence-electron chi connectivity index (χ4n) is 2.03. The summed E-state index contributed by atoms with van der Waals surface area (Å²) in [5.41, 5.74) is -5.91. The third kappa shape index (κ3) is 4.77. The zero-order valence-corrected chi connectivity index (χ0v) is 13.4. The number of alkyl halides is 6. The Hall–Kier alpha value is -2.05. The fraction of sp³-hybridized carbons (Fsp3) is 0.769. The van der Waals surface area contributed by atoms with E-state index in [9.17, 15) is 41.0 Å². The molecule has 0 aromatic carbocycles. The van der Waals surface area contributed by atoms with E-state index in [4.69, 9.17) is 0 Å². The second-order valence-electron chi connectivity index (χ2n) is 5.26. The van der Waals surface area contributed by atoms with Crippen LogP contribution in [-0.4, -0.2) is 59.9 Å². The molecule has 0 saturated heterocycles. The summed E-state index contributed by atoms with van der Waals surface area (Å²) in [5.74, 6) is -1.59. The van der Waals surface area contributed by atoms with Crippen LogP contribution in [0.3, 0.4) is 0 Å². The van der Waals surface area contributed by atoms with Gasteiger partial charge in [0.25, 0.3) is 11.5 Å². The number of ether oxygens (including phenoxy) is 1. The Morgan fingerprint density at radius 1 is 1.27 bits per heavy atom. The van der Waals surface area contributed by atoms with Crippen LogP contribution in [0.2, 0.25) is 0 Å². The molecule has 7 nitrogen and oxygen atoms in total. The Labute approximate surface area is 143 Å². The van der Waals surface area contributed by atoms with Gasteiger partial charge in [-0.3, -0.25) is 9.59 Å². The second kappa shape index (κ2) is 8.10. The Morgan fingerprint density at radius 3 is 2.35 bits per heavy atom. The quantitative estimate of drug-likeness (QED) is 0.387. The Morgan fingerprint density at radius 2 is 1.85 bits per heavy atom. The number of nitrogens with one attached hydrogen (secondary N) is 1. The summed E-state index contributed by atoms with van der Waals surface area (Å²) in [5, 5.41) is 14.3. The number of hydrogen-bond acceptors (Lipinski definition) is 6. The van der Waals surface area contributed by atoms with Gasteiger partial charge < -0.3 is 20.0 Å². The van der Waals surface area contributed by atoms with Crippen LogP contribution >= 0.6 is 0 Å². The molecular weight excluding hydrogens is 378 g/mol. The molecule has 1 rings (SSSR count). The lowest BCUT2D eigenvalue weighted by atomic mass is 9.91. The molecule has 13 heteroatoms.